The fraction of sp³-hybridized carbons (Fsp3) is 0.500. The zero-order valence-corrected chi connectivity index (χ0v) is 15.2. The minimum absolute atomic E-state index is 0.0264. The first kappa shape index (κ1) is 17.5. The van der Waals surface area contributed by atoms with Gasteiger partial charge >= 0.3 is 0 Å². The first-order chi connectivity index (χ1) is 12.0. The number of carbonyl (C=O) groups excluding carboxylic acids is 1. The molecule has 1 heterocycles. The van der Waals surface area contributed by atoms with Crippen LogP contribution < -0.4 is 10.1 Å². The molecule has 0 saturated heterocycles. The largest absolute Gasteiger partial charge is 0.489 e. The maximum absolute atomic E-state index is 12.6. The predicted octanol–water partition coefficient (Wildman–Crippen LogP) is 4.18. The van der Waals surface area contributed by atoms with Gasteiger partial charge in [-0.25, -0.2) is 0 Å². The van der Waals surface area contributed by atoms with Crippen molar-refractivity contribution < 1.29 is 14.1 Å². The van der Waals surface area contributed by atoms with Gasteiger partial charge in [-0.05, 0) is 50.8 Å². The van der Waals surface area contributed by atoms with E-state index in [1.165, 1.54) is 19.3 Å². The Kier molecular flexibility index (Phi) is 5.41. The number of hydrogen-bond donors (Lipinski definition) is 1. The Morgan fingerprint density at radius 3 is 2.84 bits per heavy atom. The Bertz CT molecular complexity index is 719. The van der Waals surface area contributed by atoms with Gasteiger partial charge in [0.05, 0.1) is 11.3 Å². The minimum atomic E-state index is -0.0264. The van der Waals surface area contributed by atoms with E-state index in [-0.39, 0.29) is 11.9 Å². The lowest BCUT2D eigenvalue weighted by atomic mass is 9.86. The Labute approximate surface area is 148 Å². The van der Waals surface area contributed by atoms with Gasteiger partial charge in [0, 0.05) is 11.6 Å². The molecule has 0 aliphatic heterocycles. The lowest BCUT2D eigenvalue weighted by Crippen LogP contribution is -2.41. The molecule has 5 nitrogen and oxygen atoms in total. The molecule has 0 bridgehead atoms. The molecule has 0 unspecified atom stereocenters. The summed E-state index contributed by atoms with van der Waals surface area (Å²) in [5, 5.41) is 7.11. The highest BCUT2D eigenvalue weighted by Crippen LogP contribution is 2.24. The van der Waals surface area contributed by atoms with E-state index in [2.05, 4.69) is 17.4 Å². The second kappa shape index (κ2) is 7.72. The second-order valence-electron chi connectivity index (χ2n) is 6.96. The molecule has 1 aliphatic rings. The van der Waals surface area contributed by atoms with Crippen molar-refractivity contribution in [3.8, 4) is 5.75 Å². The monoisotopic (exact) mass is 342 g/mol. The van der Waals surface area contributed by atoms with Crippen molar-refractivity contribution in [3.63, 3.8) is 0 Å². The van der Waals surface area contributed by atoms with Crippen LogP contribution in [0.2, 0.25) is 0 Å². The molecule has 1 amide bonds. The average molecular weight is 342 g/mol. The Balaban J connectivity index is 1.63. The van der Waals surface area contributed by atoms with E-state index >= 15 is 0 Å². The third-order valence-corrected chi connectivity index (χ3v) is 5.09. The Morgan fingerprint density at radius 2 is 2.12 bits per heavy atom. The van der Waals surface area contributed by atoms with Crippen molar-refractivity contribution in [1.29, 1.82) is 0 Å². The zero-order valence-electron chi connectivity index (χ0n) is 15.2. The highest BCUT2D eigenvalue weighted by atomic mass is 16.5. The van der Waals surface area contributed by atoms with Crippen molar-refractivity contribution in [2.75, 3.05) is 0 Å². The summed E-state index contributed by atoms with van der Waals surface area (Å²) in [6, 6.07) is 7.60. The van der Waals surface area contributed by atoms with Crippen LogP contribution in [0, 0.1) is 19.8 Å². The maximum Gasteiger partial charge on any atom is 0.251 e. The second-order valence-corrected chi connectivity index (χ2v) is 6.96. The molecule has 0 radical (unpaired) electrons. The van der Waals surface area contributed by atoms with E-state index in [1.807, 2.05) is 32.0 Å². The Hall–Kier alpha value is -2.30. The lowest BCUT2D eigenvalue weighted by Gasteiger charge is -2.29. The molecule has 1 aromatic heterocycles. The molecule has 1 aromatic carbocycles. The Morgan fingerprint density at radius 1 is 1.32 bits per heavy atom. The molecule has 25 heavy (non-hydrogen) atoms. The van der Waals surface area contributed by atoms with Gasteiger partial charge in [-0.2, -0.15) is 0 Å². The molecule has 1 fully saturated rings. The molecule has 1 N–H and O–H groups in total. The summed E-state index contributed by atoms with van der Waals surface area (Å²) in [7, 11) is 0. The topological polar surface area (TPSA) is 64.4 Å². The van der Waals surface area contributed by atoms with Crippen LogP contribution >= 0.6 is 0 Å². The van der Waals surface area contributed by atoms with Crippen LogP contribution in [0.15, 0.2) is 28.8 Å². The van der Waals surface area contributed by atoms with Crippen LogP contribution in [0.5, 0.6) is 5.75 Å². The van der Waals surface area contributed by atoms with Crippen molar-refractivity contribution >= 4 is 5.91 Å². The molecule has 1 aliphatic carbocycles. The third-order valence-electron chi connectivity index (χ3n) is 5.09. The van der Waals surface area contributed by atoms with Crippen LogP contribution in [0.25, 0.3) is 0 Å². The number of nitrogens with one attached hydrogen (secondary N) is 1. The number of hydrogen-bond acceptors (Lipinski definition) is 4. The molecule has 2 aromatic rings. The van der Waals surface area contributed by atoms with Gasteiger partial charge in [-0.1, -0.05) is 31.0 Å². The molecule has 3 rings (SSSR count). The summed E-state index contributed by atoms with van der Waals surface area (Å²) in [5.74, 6) is 1.94. The first-order valence-electron chi connectivity index (χ1n) is 9.00. The number of carbonyl (C=O) groups is 1. The fourth-order valence-corrected chi connectivity index (χ4v) is 3.37. The zero-order chi connectivity index (χ0) is 17.8. The van der Waals surface area contributed by atoms with Gasteiger partial charge in [0.25, 0.3) is 5.91 Å². The molecule has 2 atom stereocenters. The maximum atomic E-state index is 12.6. The molecule has 0 spiro atoms. The minimum Gasteiger partial charge on any atom is -0.489 e. The van der Waals surface area contributed by atoms with Gasteiger partial charge in [0.15, 0.2) is 0 Å². The number of aryl methyl sites for hydroxylation is 2. The van der Waals surface area contributed by atoms with Gasteiger partial charge in [0.2, 0.25) is 0 Å². The summed E-state index contributed by atoms with van der Waals surface area (Å²) >= 11 is 0. The van der Waals surface area contributed by atoms with Gasteiger partial charge in [-0.15, -0.1) is 0 Å². The van der Waals surface area contributed by atoms with Crippen LogP contribution in [0.3, 0.4) is 0 Å². The number of aromatic nitrogens is 1. The normalized spacial score (nSPS) is 20.3. The van der Waals surface area contributed by atoms with Crippen LogP contribution in [0.1, 0.15) is 60.0 Å². The third kappa shape index (κ3) is 4.21. The number of nitrogens with zero attached hydrogens (tertiary/aromatic N) is 1. The average Bonchev–Trinajstić information content (AvgIpc) is 2.93. The quantitative estimate of drug-likeness (QED) is 0.885. The highest BCUT2D eigenvalue weighted by molar-refractivity contribution is 5.94. The fourth-order valence-electron chi connectivity index (χ4n) is 3.37. The van der Waals surface area contributed by atoms with E-state index in [0.717, 1.165) is 23.4 Å². The number of amides is 1. The summed E-state index contributed by atoms with van der Waals surface area (Å²) < 4.78 is 11.0. The molecule has 1 saturated carbocycles. The van der Waals surface area contributed by atoms with Gasteiger partial charge in [0.1, 0.15) is 18.1 Å². The van der Waals surface area contributed by atoms with E-state index < -0.39 is 0 Å². The number of ether oxygens (including phenoxy) is 1. The van der Waals surface area contributed by atoms with Crippen LogP contribution in [-0.2, 0) is 6.61 Å². The predicted molar refractivity (Wildman–Crippen MR) is 95.6 cm³/mol. The van der Waals surface area contributed by atoms with E-state index in [4.69, 9.17) is 9.26 Å². The lowest BCUT2D eigenvalue weighted by molar-refractivity contribution is 0.0909. The molecule has 134 valence electrons. The smallest absolute Gasteiger partial charge is 0.251 e. The molecule has 5 heteroatoms. The van der Waals surface area contributed by atoms with Crippen LogP contribution in [-0.4, -0.2) is 17.1 Å². The van der Waals surface area contributed by atoms with E-state index in [1.54, 1.807) is 6.07 Å². The number of benzene rings is 1. The molecular formula is C20H26N2O3. The van der Waals surface area contributed by atoms with E-state index in [9.17, 15) is 4.79 Å². The van der Waals surface area contributed by atoms with Gasteiger partial charge in [-0.3, -0.25) is 4.79 Å². The van der Waals surface area contributed by atoms with Gasteiger partial charge < -0.3 is 14.6 Å². The highest BCUT2D eigenvalue weighted by Gasteiger charge is 2.23. The van der Waals surface area contributed by atoms with Crippen molar-refractivity contribution in [2.24, 2.45) is 5.92 Å². The standard InChI is InChI=1S/C20H26N2O3/c1-13-7-4-5-10-19(13)21-20(23)16-8-6-9-17(11-16)24-12-18-14(2)22-25-15(18)3/h6,8-9,11,13,19H,4-5,7,10,12H2,1-3H3,(H,21,23)/t13-,19+/m0/s1. The van der Waals surface area contributed by atoms with Crippen molar-refractivity contribution in [1.82, 2.24) is 10.5 Å². The summed E-state index contributed by atoms with van der Waals surface area (Å²) in [4.78, 5) is 12.6. The summed E-state index contributed by atoms with van der Waals surface area (Å²) in [5.41, 5.74) is 2.41. The first-order valence-corrected chi connectivity index (χ1v) is 9.00. The summed E-state index contributed by atoms with van der Waals surface area (Å²) in [6.45, 7) is 6.36. The van der Waals surface area contributed by atoms with Crippen LogP contribution in [0.4, 0.5) is 0 Å². The SMILES string of the molecule is Cc1noc(C)c1COc1cccc(C(=O)N[C@@H]2CCCC[C@@H]2C)c1. The van der Waals surface area contributed by atoms with Crippen molar-refractivity contribution in [2.45, 2.75) is 59.1 Å². The summed E-state index contributed by atoms with van der Waals surface area (Å²) in [6.07, 6.45) is 4.70. The van der Waals surface area contributed by atoms with E-state index in [0.29, 0.717) is 23.8 Å². The number of rotatable bonds is 5. The van der Waals surface area contributed by atoms with Crippen molar-refractivity contribution in [3.05, 3.63) is 46.8 Å². The molecular weight excluding hydrogens is 316 g/mol.